The fourth-order valence-electron chi connectivity index (χ4n) is 3.35. The molecule has 136 valence electrons. The Morgan fingerprint density at radius 3 is 1.96 bits per heavy atom. The highest BCUT2D eigenvalue weighted by atomic mass is 14.9. The second-order valence-corrected chi connectivity index (χ2v) is 6.87. The molecule has 2 N–H and O–H groups in total. The van der Waals surface area contributed by atoms with Crippen molar-refractivity contribution in [3.8, 4) is 22.4 Å². The lowest BCUT2D eigenvalue weighted by atomic mass is 9.98. The number of nitrogens with two attached hydrogens (primary N) is 1. The number of nitrogens with zero attached hydrogens (tertiary/aromatic N) is 1. The summed E-state index contributed by atoms with van der Waals surface area (Å²) in [5.74, 6) is 0. The van der Waals surface area contributed by atoms with Crippen LogP contribution in [0.25, 0.3) is 34.5 Å². The molecule has 4 rings (SSSR count). The Kier molecular flexibility index (Phi) is 5.03. The van der Waals surface area contributed by atoms with E-state index in [1.165, 1.54) is 27.9 Å². The predicted octanol–water partition coefficient (Wildman–Crippen LogP) is 5.60. The fraction of sp³-hybridized carbons (Fsp3) is 0.0385. The first-order valence-electron chi connectivity index (χ1n) is 9.39. The molecule has 28 heavy (non-hydrogen) atoms. The van der Waals surface area contributed by atoms with Gasteiger partial charge in [0.1, 0.15) is 7.05 Å². The number of hydrogen-bond donors (Lipinski definition) is 1. The van der Waals surface area contributed by atoms with Crippen molar-refractivity contribution in [2.24, 2.45) is 7.05 Å². The van der Waals surface area contributed by atoms with E-state index in [1.54, 1.807) is 0 Å². The molecule has 0 spiro atoms. The normalized spacial score (nSPS) is 11.0. The molecule has 0 aliphatic heterocycles. The number of pyridine rings is 1. The molecular weight excluding hydrogens is 340 g/mol. The topological polar surface area (TPSA) is 29.9 Å². The van der Waals surface area contributed by atoms with Gasteiger partial charge in [0.25, 0.3) is 0 Å². The summed E-state index contributed by atoms with van der Waals surface area (Å²) in [5, 5.41) is 0. The van der Waals surface area contributed by atoms with Gasteiger partial charge in [-0.1, -0.05) is 72.8 Å². The van der Waals surface area contributed by atoms with E-state index < -0.39 is 0 Å². The van der Waals surface area contributed by atoms with Crippen LogP contribution < -0.4 is 10.3 Å². The standard InChI is InChI=1S/C26H22N2/c1-28-19-25(21-8-4-2-5-9-21)23(15-12-20-13-16-24(27)17-14-20)18-26(28)22-10-6-3-7-11-22/h2-19,27H,1H3/p+1. The Hall–Kier alpha value is -3.65. The average Bonchev–Trinajstić information content (AvgIpc) is 2.75. The molecule has 0 fully saturated rings. The zero-order valence-corrected chi connectivity index (χ0v) is 15.9. The Morgan fingerprint density at radius 1 is 0.714 bits per heavy atom. The van der Waals surface area contributed by atoms with E-state index in [0.717, 1.165) is 11.3 Å². The van der Waals surface area contributed by atoms with E-state index >= 15 is 0 Å². The van der Waals surface area contributed by atoms with Crippen molar-refractivity contribution in [1.82, 2.24) is 0 Å². The van der Waals surface area contributed by atoms with E-state index in [1.807, 2.05) is 36.4 Å². The average molecular weight is 363 g/mol. The molecule has 1 heterocycles. The zero-order chi connectivity index (χ0) is 19.3. The third-order valence-corrected chi connectivity index (χ3v) is 4.85. The summed E-state index contributed by atoms with van der Waals surface area (Å²) >= 11 is 0. The molecule has 0 saturated heterocycles. The van der Waals surface area contributed by atoms with Gasteiger partial charge < -0.3 is 5.73 Å². The van der Waals surface area contributed by atoms with Crippen LogP contribution in [0.3, 0.4) is 0 Å². The molecule has 4 aromatic rings. The smallest absolute Gasteiger partial charge is 0.212 e. The number of rotatable bonds is 4. The number of aromatic nitrogens is 1. The lowest BCUT2D eigenvalue weighted by Gasteiger charge is -2.09. The van der Waals surface area contributed by atoms with Gasteiger partial charge in [-0.05, 0) is 41.0 Å². The van der Waals surface area contributed by atoms with Gasteiger partial charge in [0.15, 0.2) is 6.20 Å². The molecule has 0 aliphatic carbocycles. The van der Waals surface area contributed by atoms with Crippen LogP contribution in [-0.4, -0.2) is 0 Å². The van der Waals surface area contributed by atoms with Crippen LogP contribution in [0.5, 0.6) is 0 Å². The Balaban J connectivity index is 1.84. The number of nitrogen functional groups attached to an aromatic ring is 1. The van der Waals surface area contributed by atoms with E-state index in [2.05, 4.69) is 84.6 Å². The first-order valence-corrected chi connectivity index (χ1v) is 9.39. The van der Waals surface area contributed by atoms with Crippen LogP contribution in [0.1, 0.15) is 11.1 Å². The van der Waals surface area contributed by atoms with Crippen molar-refractivity contribution in [3.63, 3.8) is 0 Å². The zero-order valence-electron chi connectivity index (χ0n) is 15.9. The van der Waals surface area contributed by atoms with Gasteiger partial charge in [-0.3, -0.25) is 0 Å². The van der Waals surface area contributed by atoms with E-state index in [-0.39, 0.29) is 0 Å². The molecule has 0 atom stereocenters. The first-order chi connectivity index (χ1) is 13.7. The summed E-state index contributed by atoms with van der Waals surface area (Å²) in [7, 11) is 2.10. The lowest BCUT2D eigenvalue weighted by molar-refractivity contribution is -0.659. The van der Waals surface area contributed by atoms with Gasteiger partial charge >= 0.3 is 0 Å². The first kappa shape index (κ1) is 17.7. The van der Waals surface area contributed by atoms with Gasteiger partial charge in [0, 0.05) is 17.3 Å². The molecule has 0 bridgehead atoms. The van der Waals surface area contributed by atoms with Crippen LogP contribution in [0, 0.1) is 0 Å². The summed E-state index contributed by atoms with van der Waals surface area (Å²) in [5.41, 5.74) is 13.7. The van der Waals surface area contributed by atoms with Crippen molar-refractivity contribution < 1.29 is 4.57 Å². The number of benzene rings is 3. The van der Waals surface area contributed by atoms with E-state index in [9.17, 15) is 0 Å². The maximum atomic E-state index is 5.81. The molecule has 0 unspecified atom stereocenters. The highest BCUT2D eigenvalue weighted by Crippen LogP contribution is 2.27. The molecule has 0 aliphatic rings. The monoisotopic (exact) mass is 363 g/mol. The van der Waals surface area contributed by atoms with Gasteiger partial charge in [-0.15, -0.1) is 0 Å². The molecule has 2 heteroatoms. The Morgan fingerprint density at radius 2 is 1.32 bits per heavy atom. The molecular formula is C26H23N2+. The van der Waals surface area contributed by atoms with Gasteiger partial charge in [-0.2, -0.15) is 0 Å². The summed E-state index contributed by atoms with van der Waals surface area (Å²) in [6, 6.07) is 31.2. The molecule has 2 nitrogen and oxygen atoms in total. The highest BCUT2D eigenvalue weighted by Gasteiger charge is 2.15. The fourth-order valence-corrected chi connectivity index (χ4v) is 3.35. The highest BCUT2D eigenvalue weighted by molar-refractivity contribution is 5.81. The van der Waals surface area contributed by atoms with Gasteiger partial charge in [-0.25, -0.2) is 4.57 Å². The van der Waals surface area contributed by atoms with Crippen LogP contribution >= 0.6 is 0 Å². The second kappa shape index (κ2) is 7.93. The Bertz CT molecular complexity index is 1100. The van der Waals surface area contributed by atoms with Gasteiger partial charge in [0.2, 0.25) is 5.69 Å². The third kappa shape index (κ3) is 3.86. The van der Waals surface area contributed by atoms with Crippen LogP contribution in [0.4, 0.5) is 5.69 Å². The number of anilines is 1. The molecule has 0 saturated carbocycles. The Labute approximate surface area is 166 Å². The van der Waals surface area contributed by atoms with Crippen molar-refractivity contribution in [2.45, 2.75) is 0 Å². The van der Waals surface area contributed by atoms with Gasteiger partial charge in [0.05, 0.1) is 5.56 Å². The SMILES string of the molecule is C[n+]1cc(-c2ccccc2)c(/C=C/c2ccc(N)cc2)cc1-c1ccccc1. The minimum absolute atomic E-state index is 0.778. The third-order valence-electron chi connectivity index (χ3n) is 4.85. The summed E-state index contributed by atoms with van der Waals surface area (Å²) in [6.07, 6.45) is 6.52. The maximum absolute atomic E-state index is 5.81. The summed E-state index contributed by atoms with van der Waals surface area (Å²) in [4.78, 5) is 0. The molecule has 3 aromatic carbocycles. The van der Waals surface area contributed by atoms with Crippen molar-refractivity contribution >= 4 is 17.8 Å². The molecule has 0 amide bonds. The summed E-state index contributed by atoms with van der Waals surface area (Å²) in [6.45, 7) is 0. The van der Waals surface area contributed by atoms with E-state index in [0.29, 0.717) is 0 Å². The maximum Gasteiger partial charge on any atom is 0.212 e. The van der Waals surface area contributed by atoms with Crippen molar-refractivity contribution in [3.05, 3.63) is 108 Å². The second-order valence-electron chi connectivity index (χ2n) is 6.87. The van der Waals surface area contributed by atoms with Crippen molar-refractivity contribution in [1.29, 1.82) is 0 Å². The van der Waals surface area contributed by atoms with Crippen LogP contribution in [-0.2, 0) is 7.05 Å². The minimum Gasteiger partial charge on any atom is -0.399 e. The molecule has 0 radical (unpaired) electrons. The number of aryl methyl sites for hydroxylation is 1. The van der Waals surface area contributed by atoms with E-state index in [4.69, 9.17) is 5.73 Å². The minimum atomic E-state index is 0.778. The quantitative estimate of drug-likeness (QED) is 0.371. The summed E-state index contributed by atoms with van der Waals surface area (Å²) < 4.78 is 2.19. The van der Waals surface area contributed by atoms with Crippen LogP contribution in [0.15, 0.2) is 97.2 Å². The largest absolute Gasteiger partial charge is 0.399 e. The van der Waals surface area contributed by atoms with Crippen LogP contribution in [0.2, 0.25) is 0 Å². The number of hydrogen-bond acceptors (Lipinski definition) is 1. The lowest BCUT2D eigenvalue weighted by Crippen LogP contribution is -2.31. The van der Waals surface area contributed by atoms with Crippen molar-refractivity contribution in [2.75, 3.05) is 5.73 Å². The molecule has 1 aromatic heterocycles. The predicted molar refractivity (Wildman–Crippen MR) is 118 cm³/mol.